The molecule has 1 aromatic rings. The first kappa shape index (κ1) is 11.4. The fraction of sp³-hybridized carbons (Fsp3) is 0.727. The number of thioether (sulfide) groups is 1. The van der Waals surface area contributed by atoms with Crippen LogP contribution in [0.4, 0.5) is 0 Å². The summed E-state index contributed by atoms with van der Waals surface area (Å²) in [5, 5.41) is 7.43. The first-order valence-corrected chi connectivity index (χ1v) is 7.53. The summed E-state index contributed by atoms with van der Waals surface area (Å²) < 4.78 is 0. The van der Waals surface area contributed by atoms with E-state index in [1.165, 1.54) is 35.7 Å². The Hall–Kier alpha value is -0.0600. The molecule has 0 aliphatic carbocycles. The topological polar surface area (TPSA) is 24.9 Å². The minimum absolute atomic E-state index is 0.687. The summed E-state index contributed by atoms with van der Waals surface area (Å²) in [7, 11) is 1.99. The molecule has 4 heteroatoms. The van der Waals surface area contributed by atoms with Crippen LogP contribution in [-0.4, -0.2) is 24.3 Å². The van der Waals surface area contributed by atoms with Gasteiger partial charge in [0.15, 0.2) is 0 Å². The zero-order valence-electron chi connectivity index (χ0n) is 9.16. The number of likely N-dealkylation sites (N-methyl/N-ethyl adjacent to an activating group) is 1. The molecule has 2 rings (SSSR count). The molecule has 1 aliphatic rings. The zero-order chi connectivity index (χ0) is 10.5. The van der Waals surface area contributed by atoms with Gasteiger partial charge in [-0.2, -0.15) is 11.8 Å². The van der Waals surface area contributed by atoms with E-state index in [-0.39, 0.29) is 0 Å². The van der Waals surface area contributed by atoms with Crippen molar-refractivity contribution in [1.82, 2.24) is 10.3 Å². The van der Waals surface area contributed by atoms with Crippen molar-refractivity contribution in [3.63, 3.8) is 0 Å². The molecule has 1 saturated heterocycles. The lowest BCUT2D eigenvalue weighted by Crippen LogP contribution is -2.10. The van der Waals surface area contributed by atoms with Crippen LogP contribution >= 0.6 is 23.1 Å². The first-order chi connectivity index (χ1) is 7.40. The summed E-state index contributed by atoms with van der Waals surface area (Å²) >= 11 is 3.93. The number of nitrogens with one attached hydrogen (secondary N) is 1. The summed E-state index contributed by atoms with van der Waals surface area (Å²) in [4.78, 5) is 4.73. The minimum Gasteiger partial charge on any atom is -0.319 e. The van der Waals surface area contributed by atoms with Crippen molar-refractivity contribution < 1.29 is 0 Å². The van der Waals surface area contributed by atoms with Gasteiger partial charge in [0.1, 0.15) is 5.01 Å². The Balaban J connectivity index is 1.93. The maximum atomic E-state index is 4.73. The highest BCUT2D eigenvalue weighted by Gasteiger charge is 2.18. The molecule has 84 valence electrons. The lowest BCUT2D eigenvalue weighted by atomic mass is 10.2. The zero-order valence-corrected chi connectivity index (χ0v) is 10.8. The Morgan fingerprint density at radius 2 is 2.47 bits per heavy atom. The highest BCUT2D eigenvalue weighted by molar-refractivity contribution is 7.99. The van der Waals surface area contributed by atoms with Crippen molar-refractivity contribution in [3.8, 4) is 0 Å². The van der Waals surface area contributed by atoms with Crippen molar-refractivity contribution in [1.29, 1.82) is 0 Å². The van der Waals surface area contributed by atoms with Crippen LogP contribution in [-0.2, 0) is 6.42 Å². The van der Waals surface area contributed by atoms with Gasteiger partial charge in [-0.05, 0) is 25.6 Å². The lowest BCUT2D eigenvalue weighted by Gasteiger charge is -2.18. The van der Waals surface area contributed by atoms with Crippen LogP contribution in [0.15, 0.2) is 5.38 Å². The number of hydrogen-bond donors (Lipinski definition) is 1. The van der Waals surface area contributed by atoms with Crippen LogP contribution in [0.25, 0.3) is 0 Å². The Labute approximate surface area is 99.9 Å². The predicted octanol–water partition coefficient (Wildman–Crippen LogP) is 2.86. The average Bonchev–Trinajstić information content (AvgIpc) is 2.76. The van der Waals surface area contributed by atoms with E-state index in [2.05, 4.69) is 22.5 Å². The molecule has 1 aromatic heterocycles. The number of nitrogens with zero attached hydrogens (tertiary/aromatic N) is 1. The second-order valence-electron chi connectivity index (χ2n) is 3.89. The third-order valence-electron chi connectivity index (χ3n) is 2.66. The first-order valence-electron chi connectivity index (χ1n) is 5.60. The third-order valence-corrected chi connectivity index (χ3v) is 5.20. The van der Waals surface area contributed by atoms with Gasteiger partial charge in [0.25, 0.3) is 0 Å². The van der Waals surface area contributed by atoms with Gasteiger partial charge in [0.05, 0.1) is 10.9 Å². The third kappa shape index (κ3) is 3.20. The highest BCUT2D eigenvalue weighted by Crippen LogP contribution is 2.39. The summed E-state index contributed by atoms with van der Waals surface area (Å²) in [5.74, 6) is 1.32. The fourth-order valence-corrected chi connectivity index (χ4v) is 4.20. The number of thiazole rings is 1. The highest BCUT2D eigenvalue weighted by atomic mass is 32.2. The SMILES string of the molecule is CNCCc1csc(C2CCCCS2)n1. The number of hydrogen-bond acceptors (Lipinski definition) is 4. The van der Waals surface area contributed by atoms with E-state index in [1.54, 1.807) is 0 Å². The van der Waals surface area contributed by atoms with Crippen LogP contribution in [0, 0.1) is 0 Å². The Kier molecular flexibility index (Phi) is 4.47. The molecular formula is C11H18N2S2. The van der Waals surface area contributed by atoms with Crippen LogP contribution in [0.1, 0.15) is 35.2 Å². The van der Waals surface area contributed by atoms with Gasteiger partial charge in [-0.1, -0.05) is 6.42 Å². The van der Waals surface area contributed by atoms with Gasteiger partial charge in [-0.25, -0.2) is 4.98 Å². The van der Waals surface area contributed by atoms with Crippen molar-refractivity contribution >= 4 is 23.1 Å². The van der Waals surface area contributed by atoms with Crippen LogP contribution < -0.4 is 5.32 Å². The van der Waals surface area contributed by atoms with E-state index in [0.29, 0.717) is 5.25 Å². The monoisotopic (exact) mass is 242 g/mol. The molecule has 0 saturated carbocycles. The fourth-order valence-electron chi connectivity index (χ4n) is 1.77. The molecule has 0 radical (unpaired) electrons. The smallest absolute Gasteiger partial charge is 0.106 e. The van der Waals surface area contributed by atoms with Gasteiger partial charge in [0.2, 0.25) is 0 Å². The van der Waals surface area contributed by atoms with E-state index in [4.69, 9.17) is 4.98 Å². The van der Waals surface area contributed by atoms with E-state index in [9.17, 15) is 0 Å². The molecule has 0 amide bonds. The molecule has 0 bridgehead atoms. The maximum Gasteiger partial charge on any atom is 0.106 e. The number of rotatable bonds is 4. The van der Waals surface area contributed by atoms with Crippen LogP contribution in [0.5, 0.6) is 0 Å². The van der Waals surface area contributed by atoms with Gasteiger partial charge < -0.3 is 5.32 Å². The van der Waals surface area contributed by atoms with Crippen LogP contribution in [0.2, 0.25) is 0 Å². The molecule has 1 atom stereocenters. The van der Waals surface area contributed by atoms with Gasteiger partial charge in [-0.15, -0.1) is 11.3 Å². The van der Waals surface area contributed by atoms with Gasteiger partial charge >= 0.3 is 0 Å². The molecule has 0 aromatic carbocycles. The normalized spacial score (nSPS) is 21.8. The molecule has 1 unspecified atom stereocenters. The maximum absolute atomic E-state index is 4.73. The summed E-state index contributed by atoms with van der Waals surface area (Å²) in [6.07, 6.45) is 5.15. The predicted molar refractivity (Wildman–Crippen MR) is 68.8 cm³/mol. The van der Waals surface area contributed by atoms with E-state index < -0.39 is 0 Å². The van der Waals surface area contributed by atoms with Crippen molar-refractivity contribution in [3.05, 3.63) is 16.1 Å². The molecule has 1 aliphatic heterocycles. The van der Waals surface area contributed by atoms with Crippen molar-refractivity contribution in [2.75, 3.05) is 19.3 Å². The van der Waals surface area contributed by atoms with Gasteiger partial charge in [0, 0.05) is 18.3 Å². The molecular weight excluding hydrogens is 224 g/mol. The van der Waals surface area contributed by atoms with Crippen LogP contribution in [0.3, 0.4) is 0 Å². The quantitative estimate of drug-likeness (QED) is 0.879. The molecule has 1 fully saturated rings. The van der Waals surface area contributed by atoms with E-state index in [1.807, 2.05) is 18.4 Å². The van der Waals surface area contributed by atoms with E-state index in [0.717, 1.165) is 13.0 Å². The molecule has 15 heavy (non-hydrogen) atoms. The lowest BCUT2D eigenvalue weighted by molar-refractivity contribution is 0.680. The largest absolute Gasteiger partial charge is 0.319 e. The molecule has 2 nitrogen and oxygen atoms in total. The standard InChI is InChI=1S/C11H18N2S2/c1-12-6-5-9-8-15-11(13-9)10-4-2-3-7-14-10/h8,10,12H,2-7H2,1H3. The average molecular weight is 242 g/mol. The molecule has 0 spiro atoms. The summed E-state index contributed by atoms with van der Waals surface area (Å²) in [6.45, 7) is 1.03. The molecule has 1 N–H and O–H groups in total. The minimum atomic E-state index is 0.687. The van der Waals surface area contributed by atoms with Crippen molar-refractivity contribution in [2.24, 2.45) is 0 Å². The van der Waals surface area contributed by atoms with Gasteiger partial charge in [-0.3, -0.25) is 0 Å². The summed E-state index contributed by atoms with van der Waals surface area (Å²) in [5.41, 5.74) is 1.26. The Bertz CT molecular complexity index is 293. The van der Waals surface area contributed by atoms with Crippen molar-refractivity contribution in [2.45, 2.75) is 30.9 Å². The summed E-state index contributed by atoms with van der Waals surface area (Å²) in [6, 6.07) is 0. The second kappa shape index (κ2) is 5.87. The Morgan fingerprint density at radius 1 is 1.53 bits per heavy atom. The molecule has 2 heterocycles. The second-order valence-corrected chi connectivity index (χ2v) is 6.09. The Morgan fingerprint density at radius 3 is 3.20 bits per heavy atom. The number of aromatic nitrogens is 1. The van der Waals surface area contributed by atoms with E-state index >= 15 is 0 Å².